The van der Waals surface area contributed by atoms with E-state index in [0.29, 0.717) is 11.7 Å². The Morgan fingerprint density at radius 2 is 2.00 bits per heavy atom. The highest BCUT2D eigenvalue weighted by atomic mass is 15.0. The molecular formula is C13H16N4. The maximum Gasteiger partial charge on any atom is 0.131 e. The number of aromatic nitrogens is 2. The van der Waals surface area contributed by atoms with Crippen molar-refractivity contribution in [3.8, 4) is 0 Å². The summed E-state index contributed by atoms with van der Waals surface area (Å²) in [5.74, 6) is 1.67. The van der Waals surface area contributed by atoms with Crippen LogP contribution in [0.1, 0.15) is 18.4 Å². The van der Waals surface area contributed by atoms with Crippen LogP contribution in [0.4, 0.5) is 11.6 Å². The lowest BCUT2D eigenvalue weighted by molar-refractivity contribution is 0.801. The van der Waals surface area contributed by atoms with Crippen LogP contribution < -0.4 is 11.1 Å². The van der Waals surface area contributed by atoms with Crippen molar-refractivity contribution < 1.29 is 0 Å². The van der Waals surface area contributed by atoms with Crippen LogP contribution in [0.25, 0.3) is 0 Å². The molecule has 0 aliphatic carbocycles. The molecule has 1 heterocycles. The zero-order valence-electron chi connectivity index (χ0n) is 9.80. The van der Waals surface area contributed by atoms with E-state index in [1.54, 1.807) is 6.07 Å². The van der Waals surface area contributed by atoms with E-state index in [1.807, 2.05) is 6.07 Å². The number of nitrogen functional groups attached to an aromatic ring is 1. The number of nitrogens with one attached hydrogen (secondary N) is 1. The molecule has 0 unspecified atom stereocenters. The summed E-state index contributed by atoms with van der Waals surface area (Å²) in [6.45, 7) is 2.99. The minimum Gasteiger partial charge on any atom is -0.384 e. The van der Waals surface area contributed by atoms with Gasteiger partial charge in [0.25, 0.3) is 0 Å². The first-order valence-electron chi connectivity index (χ1n) is 5.62. The largest absolute Gasteiger partial charge is 0.384 e. The van der Waals surface area contributed by atoms with Crippen LogP contribution in [-0.4, -0.2) is 16.5 Å². The minimum atomic E-state index is 0.424. The Kier molecular flexibility index (Phi) is 3.55. The highest BCUT2D eigenvalue weighted by molar-refractivity contribution is 5.43. The number of hydrogen-bond donors (Lipinski definition) is 2. The SMILES string of the molecule is C[C@@H](CNc1cc(N)ncn1)c1ccccc1. The molecule has 0 radical (unpaired) electrons. The molecule has 0 spiro atoms. The molecule has 17 heavy (non-hydrogen) atoms. The molecule has 0 bridgehead atoms. The molecule has 1 aromatic carbocycles. The quantitative estimate of drug-likeness (QED) is 0.842. The van der Waals surface area contributed by atoms with Crippen LogP contribution in [-0.2, 0) is 0 Å². The smallest absolute Gasteiger partial charge is 0.131 e. The fourth-order valence-electron chi connectivity index (χ4n) is 1.63. The van der Waals surface area contributed by atoms with Crippen LogP contribution >= 0.6 is 0 Å². The number of hydrogen-bond acceptors (Lipinski definition) is 4. The second-order valence-corrected chi connectivity index (χ2v) is 4.02. The van der Waals surface area contributed by atoms with Gasteiger partial charge in [-0.3, -0.25) is 0 Å². The topological polar surface area (TPSA) is 63.8 Å². The molecule has 0 fully saturated rings. The summed E-state index contributed by atoms with van der Waals surface area (Å²) >= 11 is 0. The van der Waals surface area contributed by atoms with Gasteiger partial charge in [0, 0.05) is 12.6 Å². The van der Waals surface area contributed by atoms with Crippen molar-refractivity contribution >= 4 is 11.6 Å². The van der Waals surface area contributed by atoms with Crippen molar-refractivity contribution in [1.29, 1.82) is 0 Å². The Morgan fingerprint density at radius 1 is 1.24 bits per heavy atom. The van der Waals surface area contributed by atoms with Crippen LogP contribution in [0.3, 0.4) is 0 Å². The van der Waals surface area contributed by atoms with Crippen molar-refractivity contribution in [2.45, 2.75) is 12.8 Å². The van der Waals surface area contributed by atoms with E-state index in [0.717, 1.165) is 12.4 Å². The van der Waals surface area contributed by atoms with Gasteiger partial charge in [-0.2, -0.15) is 0 Å². The monoisotopic (exact) mass is 228 g/mol. The maximum atomic E-state index is 5.58. The van der Waals surface area contributed by atoms with E-state index in [2.05, 4.69) is 46.5 Å². The van der Waals surface area contributed by atoms with Gasteiger partial charge in [0.1, 0.15) is 18.0 Å². The summed E-state index contributed by atoms with van der Waals surface area (Å²) in [7, 11) is 0. The summed E-state index contributed by atoms with van der Waals surface area (Å²) in [4.78, 5) is 7.95. The highest BCUT2D eigenvalue weighted by Gasteiger charge is 2.04. The van der Waals surface area contributed by atoms with Crippen molar-refractivity contribution in [3.05, 3.63) is 48.3 Å². The zero-order valence-corrected chi connectivity index (χ0v) is 9.80. The van der Waals surface area contributed by atoms with E-state index in [4.69, 9.17) is 5.73 Å². The first-order valence-corrected chi connectivity index (χ1v) is 5.62. The van der Waals surface area contributed by atoms with Gasteiger partial charge in [0.2, 0.25) is 0 Å². The summed E-state index contributed by atoms with van der Waals surface area (Å²) in [6, 6.07) is 12.1. The lowest BCUT2D eigenvalue weighted by Gasteiger charge is -2.13. The van der Waals surface area contributed by atoms with Gasteiger partial charge in [0.15, 0.2) is 0 Å². The molecule has 3 N–H and O–H groups in total. The van der Waals surface area contributed by atoms with E-state index in [-0.39, 0.29) is 0 Å². The molecule has 4 heteroatoms. The fraction of sp³-hybridized carbons (Fsp3) is 0.231. The molecule has 1 aromatic heterocycles. The number of rotatable bonds is 4. The number of nitrogens with two attached hydrogens (primary N) is 1. The predicted molar refractivity (Wildman–Crippen MR) is 69.8 cm³/mol. The first-order chi connectivity index (χ1) is 8.25. The standard InChI is InChI=1S/C13H16N4/c1-10(11-5-3-2-4-6-11)8-15-13-7-12(14)16-9-17-13/h2-7,9-10H,8H2,1H3,(H3,14,15,16,17)/t10-/m0/s1. The van der Waals surface area contributed by atoms with Gasteiger partial charge < -0.3 is 11.1 Å². The Bertz CT molecular complexity index is 470. The number of benzene rings is 1. The van der Waals surface area contributed by atoms with Crippen molar-refractivity contribution in [2.24, 2.45) is 0 Å². The van der Waals surface area contributed by atoms with Crippen LogP contribution in [0.15, 0.2) is 42.7 Å². The molecule has 88 valence electrons. The van der Waals surface area contributed by atoms with Gasteiger partial charge in [-0.15, -0.1) is 0 Å². The average molecular weight is 228 g/mol. The molecule has 0 saturated heterocycles. The lowest BCUT2D eigenvalue weighted by atomic mass is 10.0. The third-order valence-corrected chi connectivity index (χ3v) is 2.65. The normalized spacial score (nSPS) is 12.1. The molecule has 1 atom stereocenters. The van der Waals surface area contributed by atoms with Gasteiger partial charge in [-0.05, 0) is 11.5 Å². The third-order valence-electron chi connectivity index (χ3n) is 2.65. The molecule has 0 saturated carbocycles. The van der Waals surface area contributed by atoms with E-state index >= 15 is 0 Å². The van der Waals surface area contributed by atoms with Gasteiger partial charge in [-0.1, -0.05) is 37.3 Å². The third kappa shape index (κ3) is 3.17. The summed E-state index contributed by atoms with van der Waals surface area (Å²) in [6.07, 6.45) is 1.46. The number of nitrogens with zero attached hydrogens (tertiary/aromatic N) is 2. The Balaban J connectivity index is 1.95. The number of anilines is 2. The van der Waals surface area contributed by atoms with Crippen molar-refractivity contribution in [3.63, 3.8) is 0 Å². The Hall–Kier alpha value is -2.10. The molecular weight excluding hydrogens is 212 g/mol. The molecule has 2 aromatic rings. The van der Waals surface area contributed by atoms with Gasteiger partial charge in [-0.25, -0.2) is 9.97 Å². The predicted octanol–water partition coefficient (Wildman–Crippen LogP) is 2.27. The molecule has 0 aliphatic heterocycles. The molecule has 0 amide bonds. The maximum absolute atomic E-state index is 5.58. The van der Waals surface area contributed by atoms with Gasteiger partial charge >= 0.3 is 0 Å². The highest BCUT2D eigenvalue weighted by Crippen LogP contribution is 2.15. The fourth-order valence-corrected chi connectivity index (χ4v) is 1.63. The van der Waals surface area contributed by atoms with Crippen LogP contribution in [0.5, 0.6) is 0 Å². The first kappa shape index (κ1) is 11.4. The van der Waals surface area contributed by atoms with E-state index in [9.17, 15) is 0 Å². The van der Waals surface area contributed by atoms with Gasteiger partial charge in [0.05, 0.1) is 0 Å². The Labute approximate surface area is 101 Å². The molecule has 0 aliphatic rings. The van der Waals surface area contributed by atoms with Crippen LogP contribution in [0, 0.1) is 0 Å². The molecule has 4 nitrogen and oxygen atoms in total. The van der Waals surface area contributed by atoms with Crippen LogP contribution in [0.2, 0.25) is 0 Å². The molecule has 2 rings (SSSR count). The second kappa shape index (κ2) is 5.30. The summed E-state index contributed by atoms with van der Waals surface area (Å²) < 4.78 is 0. The average Bonchev–Trinajstić information content (AvgIpc) is 2.37. The second-order valence-electron chi connectivity index (χ2n) is 4.02. The van der Waals surface area contributed by atoms with Crippen molar-refractivity contribution in [2.75, 3.05) is 17.6 Å². The summed E-state index contributed by atoms with van der Waals surface area (Å²) in [5.41, 5.74) is 6.89. The summed E-state index contributed by atoms with van der Waals surface area (Å²) in [5, 5.41) is 3.25. The zero-order chi connectivity index (χ0) is 12.1. The minimum absolute atomic E-state index is 0.424. The lowest BCUT2D eigenvalue weighted by Crippen LogP contribution is -2.11. The van der Waals surface area contributed by atoms with Crippen molar-refractivity contribution in [1.82, 2.24) is 9.97 Å². The van der Waals surface area contributed by atoms with E-state index in [1.165, 1.54) is 11.9 Å². The van der Waals surface area contributed by atoms with E-state index < -0.39 is 0 Å². The Morgan fingerprint density at radius 3 is 2.71 bits per heavy atom.